The lowest BCUT2D eigenvalue weighted by atomic mass is 9.91. The van der Waals surface area contributed by atoms with E-state index in [1.54, 1.807) is 0 Å². The third-order valence-electron chi connectivity index (χ3n) is 3.91. The molecular weight excluding hydrogens is 214 g/mol. The maximum absolute atomic E-state index is 9.05. The van der Waals surface area contributed by atoms with Gasteiger partial charge in [0.05, 0.1) is 6.10 Å². The Bertz CT molecular complexity index is 181. The Balaban J connectivity index is 2.30. The van der Waals surface area contributed by atoms with Crippen LogP contribution in [0.2, 0.25) is 0 Å². The predicted molar refractivity (Wildman–Crippen MR) is 71.2 cm³/mol. The zero-order valence-corrected chi connectivity index (χ0v) is 11.5. The molecule has 1 fully saturated rings. The van der Waals surface area contributed by atoms with Crippen molar-refractivity contribution in [2.75, 3.05) is 20.3 Å². The SMILES string of the molecule is CCCC(CCO)CNC1CCCCC1OC. The monoisotopic (exact) mass is 243 g/mol. The first-order valence-corrected chi connectivity index (χ1v) is 7.18. The molecule has 0 heterocycles. The van der Waals surface area contributed by atoms with Crippen molar-refractivity contribution in [2.24, 2.45) is 5.92 Å². The van der Waals surface area contributed by atoms with Gasteiger partial charge < -0.3 is 15.2 Å². The van der Waals surface area contributed by atoms with Gasteiger partial charge in [0.2, 0.25) is 0 Å². The largest absolute Gasteiger partial charge is 0.396 e. The number of rotatable bonds is 8. The molecule has 1 saturated carbocycles. The highest BCUT2D eigenvalue weighted by Gasteiger charge is 2.24. The maximum atomic E-state index is 9.05. The molecule has 17 heavy (non-hydrogen) atoms. The molecule has 1 rings (SSSR count). The summed E-state index contributed by atoms with van der Waals surface area (Å²) in [5.74, 6) is 0.615. The summed E-state index contributed by atoms with van der Waals surface area (Å²) in [7, 11) is 1.82. The molecule has 0 amide bonds. The van der Waals surface area contributed by atoms with Crippen LogP contribution in [0, 0.1) is 5.92 Å². The maximum Gasteiger partial charge on any atom is 0.0724 e. The third kappa shape index (κ3) is 5.36. The van der Waals surface area contributed by atoms with E-state index in [2.05, 4.69) is 12.2 Å². The second-order valence-corrected chi connectivity index (χ2v) is 5.24. The van der Waals surface area contributed by atoms with Crippen LogP contribution in [0.15, 0.2) is 0 Å². The Kier molecular flexibility index (Phi) is 7.82. The van der Waals surface area contributed by atoms with Gasteiger partial charge in [-0.3, -0.25) is 0 Å². The summed E-state index contributed by atoms with van der Waals surface area (Å²) >= 11 is 0. The predicted octanol–water partition coefficient (Wildman–Crippen LogP) is 2.33. The normalized spacial score (nSPS) is 27.0. The molecule has 0 spiro atoms. The first kappa shape index (κ1) is 14.9. The summed E-state index contributed by atoms with van der Waals surface area (Å²) in [6, 6.07) is 0.520. The van der Waals surface area contributed by atoms with Crippen LogP contribution in [0.1, 0.15) is 51.9 Å². The van der Waals surface area contributed by atoms with Crippen molar-refractivity contribution >= 4 is 0 Å². The number of methoxy groups -OCH3 is 1. The minimum absolute atomic E-state index is 0.310. The van der Waals surface area contributed by atoms with Gasteiger partial charge in [-0.15, -0.1) is 0 Å². The van der Waals surface area contributed by atoms with Gasteiger partial charge >= 0.3 is 0 Å². The van der Waals surface area contributed by atoms with Crippen LogP contribution in [0.5, 0.6) is 0 Å². The number of hydrogen-bond acceptors (Lipinski definition) is 3. The number of nitrogens with one attached hydrogen (secondary N) is 1. The van der Waals surface area contributed by atoms with E-state index in [9.17, 15) is 0 Å². The van der Waals surface area contributed by atoms with Gasteiger partial charge in [-0.2, -0.15) is 0 Å². The molecule has 102 valence electrons. The second kappa shape index (κ2) is 8.90. The minimum atomic E-state index is 0.310. The van der Waals surface area contributed by atoms with Crippen LogP contribution in [0.25, 0.3) is 0 Å². The summed E-state index contributed by atoms with van der Waals surface area (Å²) in [5, 5.41) is 12.7. The number of aliphatic hydroxyl groups is 1. The average molecular weight is 243 g/mol. The highest BCUT2D eigenvalue weighted by molar-refractivity contribution is 4.82. The summed E-state index contributed by atoms with van der Waals surface area (Å²) in [6.45, 7) is 3.55. The van der Waals surface area contributed by atoms with Crippen LogP contribution in [0.4, 0.5) is 0 Å². The number of hydrogen-bond donors (Lipinski definition) is 2. The highest BCUT2D eigenvalue weighted by Crippen LogP contribution is 2.21. The molecular formula is C14H29NO2. The quantitative estimate of drug-likeness (QED) is 0.687. The van der Waals surface area contributed by atoms with Crippen LogP contribution < -0.4 is 5.32 Å². The third-order valence-corrected chi connectivity index (χ3v) is 3.91. The molecule has 0 aromatic heterocycles. The molecule has 3 heteroatoms. The number of aliphatic hydroxyl groups excluding tert-OH is 1. The van der Waals surface area contributed by atoms with Gasteiger partial charge in [0, 0.05) is 19.8 Å². The second-order valence-electron chi connectivity index (χ2n) is 5.24. The Labute approximate surface area is 106 Å². The summed E-state index contributed by atoms with van der Waals surface area (Å²) < 4.78 is 5.54. The van der Waals surface area contributed by atoms with Crippen molar-refractivity contribution in [1.82, 2.24) is 5.32 Å². The first-order chi connectivity index (χ1) is 8.31. The summed E-state index contributed by atoms with van der Waals surface area (Å²) in [5.41, 5.74) is 0. The van der Waals surface area contributed by atoms with Crippen molar-refractivity contribution < 1.29 is 9.84 Å². The molecule has 0 aliphatic heterocycles. The van der Waals surface area contributed by atoms with Crippen molar-refractivity contribution in [3.8, 4) is 0 Å². The summed E-state index contributed by atoms with van der Waals surface area (Å²) in [6.07, 6.45) is 8.75. The van der Waals surface area contributed by atoms with E-state index < -0.39 is 0 Å². The topological polar surface area (TPSA) is 41.5 Å². The Hall–Kier alpha value is -0.120. The summed E-state index contributed by atoms with van der Waals surface area (Å²) in [4.78, 5) is 0. The first-order valence-electron chi connectivity index (χ1n) is 7.18. The van der Waals surface area contributed by atoms with E-state index in [0.717, 1.165) is 13.0 Å². The van der Waals surface area contributed by atoms with Crippen LogP contribution in [0.3, 0.4) is 0 Å². The van der Waals surface area contributed by atoms with E-state index in [-0.39, 0.29) is 0 Å². The lowest BCUT2D eigenvalue weighted by Crippen LogP contribution is -2.45. The fourth-order valence-electron chi connectivity index (χ4n) is 2.87. The van der Waals surface area contributed by atoms with Gasteiger partial charge in [-0.1, -0.05) is 26.2 Å². The van der Waals surface area contributed by atoms with Crippen molar-refractivity contribution in [3.05, 3.63) is 0 Å². The lowest BCUT2D eigenvalue weighted by Gasteiger charge is -2.32. The molecule has 1 aliphatic carbocycles. The van der Waals surface area contributed by atoms with Gasteiger partial charge in [0.25, 0.3) is 0 Å². The molecule has 0 radical (unpaired) electrons. The van der Waals surface area contributed by atoms with Crippen molar-refractivity contribution in [3.63, 3.8) is 0 Å². The smallest absolute Gasteiger partial charge is 0.0724 e. The van der Waals surface area contributed by atoms with Crippen molar-refractivity contribution in [2.45, 2.75) is 64.0 Å². The number of ether oxygens (including phenoxy) is 1. The average Bonchev–Trinajstić information content (AvgIpc) is 2.37. The van der Waals surface area contributed by atoms with Crippen LogP contribution in [-0.4, -0.2) is 37.5 Å². The fraction of sp³-hybridized carbons (Fsp3) is 1.00. The molecule has 2 N–H and O–H groups in total. The van der Waals surface area contributed by atoms with E-state index >= 15 is 0 Å². The van der Waals surface area contributed by atoms with Gasteiger partial charge in [-0.25, -0.2) is 0 Å². The van der Waals surface area contributed by atoms with E-state index in [1.807, 2.05) is 7.11 Å². The lowest BCUT2D eigenvalue weighted by molar-refractivity contribution is 0.0399. The molecule has 3 atom stereocenters. The highest BCUT2D eigenvalue weighted by atomic mass is 16.5. The van der Waals surface area contributed by atoms with Gasteiger partial charge in [0.15, 0.2) is 0 Å². The van der Waals surface area contributed by atoms with E-state index in [4.69, 9.17) is 9.84 Å². The van der Waals surface area contributed by atoms with Crippen LogP contribution >= 0.6 is 0 Å². The van der Waals surface area contributed by atoms with E-state index in [1.165, 1.54) is 38.5 Å². The zero-order valence-electron chi connectivity index (χ0n) is 11.5. The van der Waals surface area contributed by atoms with Gasteiger partial charge in [0.1, 0.15) is 0 Å². The van der Waals surface area contributed by atoms with Crippen LogP contribution in [-0.2, 0) is 4.74 Å². The fourth-order valence-corrected chi connectivity index (χ4v) is 2.87. The minimum Gasteiger partial charge on any atom is -0.396 e. The zero-order chi connectivity index (χ0) is 12.5. The standard InChI is InChI=1S/C14H29NO2/c1-3-6-12(9-10-16)11-15-13-7-4-5-8-14(13)17-2/h12-16H,3-11H2,1-2H3. The molecule has 3 nitrogen and oxygen atoms in total. The van der Waals surface area contributed by atoms with Gasteiger partial charge in [-0.05, 0) is 38.1 Å². The molecule has 3 unspecified atom stereocenters. The Morgan fingerprint density at radius 2 is 2.06 bits per heavy atom. The Morgan fingerprint density at radius 1 is 1.29 bits per heavy atom. The van der Waals surface area contributed by atoms with E-state index in [0.29, 0.717) is 24.7 Å². The molecule has 1 aliphatic rings. The van der Waals surface area contributed by atoms with Crippen molar-refractivity contribution in [1.29, 1.82) is 0 Å². The molecule has 0 bridgehead atoms. The molecule has 0 aromatic carbocycles. The Morgan fingerprint density at radius 3 is 2.71 bits per heavy atom. The molecule has 0 saturated heterocycles. The molecule has 0 aromatic rings.